The molecule has 1 aromatic heterocycles. The van der Waals surface area contributed by atoms with Gasteiger partial charge < -0.3 is 10.6 Å². The third-order valence-corrected chi connectivity index (χ3v) is 3.19. The van der Waals surface area contributed by atoms with Crippen molar-refractivity contribution in [3.63, 3.8) is 0 Å². The van der Waals surface area contributed by atoms with Crippen LogP contribution in [0.5, 0.6) is 0 Å². The van der Waals surface area contributed by atoms with Crippen LogP contribution >= 0.6 is 0 Å². The van der Waals surface area contributed by atoms with E-state index >= 15 is 0 Å². The predicted molar refractivity (Wildman–Crippen MR) is 90.9 cm³/mol. The van der Waals surface area contributed by atoms with E-state index < -0.39 is 0 Å². The SMILES string of the molecule is CCNC(=NCc1ccccc1Cn1cccn1)NC(C)C. The monoisotopic (exact) mass is 299 g/mol. The lowest BCUT2D eigenvalue weighted by Gasteiger charge is -2.14. The fourth-order valence-electron chi connectivity index (χ4n) is 2.19. The quantitative estimate of drug-likeness (QED) is 0.636. The van der Waals surface area contributed by atoms with E-state index in [9.17, 15) is 0 Å². The van der Waals surface area contributed by atoms with Crippen LogP contribution < -0.4 is 10.6 Å². The van der Waals surface area contributed by atoms with Crippen molar-refractivity contribution >= 4 is 5.96 Å². The summed E-state index contributed by atoms with van der Waals surface area (Å²) < 4.78 is 1.93. The van der Waals surface area contributed by atoms with Gasteiger partial charge in [-0.1, -0.05) is 24.3 Å². The topological polar surface area (TPSA) is 54.2 Å². The molecule has 22 heavy (non-hydrogen) atoms. The Hall–Kier alpha value is -2.30. The minimum absolute atomic E-state index is 0.358. The average molecular weight is 299 g/mol. The van der Waals surface area contributed by atoms with E-state index in [1.54, 1.807) is 6.20 Å². The number of guanidine groups is 1. The van der Waals surface area contributed by atoms with E-state index in [0.29, 0.717) is 12.6 Å². The summed E-state index contributed by atoms with van der Waals surface area (Å²) in [7, 11) is 0. The molecule has 0 fully saturated rings. The highest BCUT2D eigenvalue weighted by molar-refractivity contribution is 5.80. The maximum absolute atomic E-state index is 4.68. The van der Waals surface area contributed by atoms with Gasteiger partial charge in [0.2, 0.25) is 0 Å². The molecule has 5 nitrogen and oxygen atoms in total. The molecular weight excluding hydrogens is 274 g/mol. The van der Waals surface area contributed by atoms with E-state index in [2.05, 4.69) is 65.8 Å². The first-order chi connectivity index (χ1) is 10.7. The Bertz CT molecular complexity index is 587. The Labute approximate surface area is 132 Å². The lowest BCUT2D eigenvalue weighted by atomic mass is 10.1. The van der Waals surface area contributed by atoms with E-state index in [1.165, 1.54) is 11.1 Å². The molecule has 0 saturated carbocycles. The number of nitrogens with zero attached hydrogens (tertiary/aromatic N) is 3. The summed E-state index contributed by atoms with van der Waals surface area (Å²) in [6, 6.07) is 10.7. The average Bonchev–Trinajstić information content (AvgIpc) is 2.99. The third-order valence-electron chi connectivity index (χ3n) is 3.19. The van der Waals surface area contributed by atoms with Gasteiger partial charge >= 0.3 is 0 Å². The van der Waals surface area contributed by atoms with Crippen LogP contribution in [0, 0.1) is 0 Å². The van der Waals surface area contributed by atoms with Gasteiger partial charge in [0.25, 0.3) is 0 Å². The molecule has 2 aromatic rings. The number of hydrogen-bond donors (Lipinski definition) is 2. The second-order valence-corrected chi connectivity index (χ2v) is 5.47. The fraction of sp³-hybridized carbons (Fsp3) is 0.412. The van der Waals surface area contributed by atoms with Gasteiger partial charge in [-0.05, 0) is 38.0 Å². The summed E-state index contributed by atoms with van der Waals surface area (Å²) in [5.41, 5.74) is 2.47. The zero-order chi connectivity index (χ0) is 15.8. The summed E-state index contributed by atoms with van der Waals surface area (Å²) >= 11 is 0. The molecule has 0 radical (unpaired) electrons. The van der Waals surface area contributed by atoms with Gasteiger partial charge in [0.15, 0.2) is 5.96 Å². The molecule has 0 bridgehead atoms. The van der Waals surface area contributed by atoms with E-state index in [1.807, 2.05) is 16.9 Å². The largest absolute Gasteiger partial charge is 0.357 e. The van der Waals surface area contributed by atoms with Crippen molar-refractivity contribution in [2.45, 2.75) is 39.9 Å². The Kier molecular flexibility index (Phi) is 6.01. The normalized spacial score (nSPS) is 11.7. The number of aromatic nitrogens is 2. The lowest BCUT2D eigenvalue weighted by Crippen LogP contribution is -2.41. The molecule has 0 aliphatic carbocycles. The minimum Gasteiger partial charge on any atom is -0.357 e. The second-order valence-electron chi connectivity index (χ2n) is 5.47. The van der Waals surface area contributed by atoms with Crippen molar-refractivity contribution in [3.8, 4) is 0 Å². The van der Waals surface area contributed by atoms with E-state index in [-0.39, 0.29) is 0 Å². The number of rotatable bonds is 6. The van der Waals surface area contributed by atoms with E-state index in [0.717, 1.165) is 19.0 Å². The Morgan fingerprint density at radius 1 is 1.23 bits per heavy atom. The first-order valence-corrected chi connectivity index (χ1v) is 7.78. The Morgan fingerprint density at radius 2 is 2.00 bits per heavy atom. The Morgan fingerprint density at radius 3 is 2.64 bits per heavy atom. The molecule has 1 heterocycles. The van der Waals surface area contributed by atoms with Gasteiger partial charge in [0, 0.05) is 25.0 Å². The summed E-state index contributed by atoms with van der Waals surface area (Å²) in [6.45, 7) is 8.57. The molecule has 0 unspecified atom stereocenters. The molecule has 5 heteroatoms. The van der Waals surface area contributed by atoms with Crippen molar-refractivity contribution in [3.05, 3.63) is 53.9 Å². The summed E-state index contributed by atoms with van der Waals surface area (Å²) in [5, 5.41) is 10.9. The summed E-state index contributed by atoms with van der Waals surface area (Å²) in [4.78, 5) is 4.68. The van der Waals surface area contributed by atoms with Crippen LogP contribution in [0.25, 0.3) is 0 Å². The van der Waals surface area contributed by atoms with Crippen LogP contribution in [-0.2, 0) is 13.1 Å². The van der Waals surface area contributed by atoms with Crippen molar-refractivity contribution < 1.29 is 0 Å². The maximum Gasteiger partial charge on any atom is 0.191 e. The van der Waals surface area contributed by atoms with Gasteiger partial charge in [-0.2, -0.15) is 5.10 Å². The second kappa shape index (κ2) is 8.22. The molecule has 2 N–H and O–H groups in total. The van der Waals surface area contributed by atoms with Gasteiger partial charge in [-0.25, -0.2) is 4.99 Å². The molecule has 0 saturated heterocycles. The van der Waals surface area contributed by atoms with Crippen LogP contribution in [0.3, 0.4) is 0 Å². The molecule has 118 valence electrons. The van der Waals surface area contributed by atoms with Crippen molar-refractivity contribution in [1.29, 1.82) is 0 Å². The third kappa shape index (κ3) is 4.91. The smallest absolute Gasteiger partial charge is 0.191 e. The zero-order valence-electron chi connectivity index (χ0n) is 13.6. The lowest BCUT2D eigenvalue weighted by molar-refractivity contribution is 0.679. The first-order valence-electron chi connectivity index (χ1n) is 7.78. The predicted octanol–water partition coefficient (Wildman–Crippen LogP) is 2.39. The molecule has 0 spiro atoms. The number of aliphatic imine (C=N–C) groups is 1. The summed E-state index contributed by atoms with van der Waals surface area (Å²) in [6.07, 6.45) is 3.78. The molecular formula is C17H25N5. The Balaban J connectivity index is 2.11. The van der Waals surface area contributed by atoms with Crippen LogP contribution in [0.4, 0.5) is 0 Å². The highest BCUT2D eigenvalue weighted by Crippen LogP contribution is 2.11. The van der Waals surface area contributed by atoms with Crippen molar-refractivity contribution in [2.24, 2.45) is 4.99 Å². The van der Waals surface area contributed by atoms with Crippen LogP contribution in [0.2, 0.25) is 0 Å². The van der Waals surface area contributed by atoms with Crippen LogP contribution in [0.1, 0.15) is 31.9 Å². The summed E-state index contributed by atoms with van der Waals surface area (Å²) in [5.74, 6) is 0.853. The fourth-order valence-corrected chi connectivity index (χ4v) is 2.19. The molecule has 2 rings (SSSR count). The first kappa shape index (κ1) is 16.1. The van der Waals surface area contributed by atoms with Gasteiger partial charge in [-0.3, -0.25) is 4.68 Å². The van der Waals surface area contributed by atoms with Gasteiger partial charge in [0.1, 0.15) is 0 Å². The maximum atomic E-state index is 4.68. The highest BCUT2D eigenvalue weighted by Gasteiger charge is 2.04. The minimum atomic E-state index is 0.358. The molecule has 0 aliphatic rings. The standard InChI is InChI=1S/C17H25N5/c1-4-18-17(21-14(2)3)19-12-15-8-5-6-9-16(15)13-22-11-7-10-20-22/h5-11,14H,4,12-13H2,1-3H3,(H2,18,19,21). The van der Waals surface area contributed by atoms with Crippen molar-refractivity contribution in [2.75, 3.05) is 6.54 Å². The van der Waals surface area contributed by atoms with Gasteiger partial charge in [0.05, 0.1) is 13.1 Å². The molecule has 0 amide bonds. The van der Waals surface area contributed by atoms with Crippen molar-refractivity contribution in [1.82, 2.24) is 20.4 Å². The van der Waals surface area contributed by atoms with Crippen LogP contribution in [-0.4, -0.2) is 28.3 Å². The van der Waals surface area contributed by atoms with Gasteiger partial charge in [-0.15, -0.1) is 0 Å². The number of nitrogens with one attached hydrogen (secondary N) is 2. The number of hydrogen-bond acceptors (Lipinski definition) is 2. The van der Waals surface area contributed by atoms with E-state index in [4.69, 9.17) is 0 Å². The molecule has 0 atom stereocenters. The van der Waals surface area contributed by atoms with Crippen LogP contribution in [0.15, 0.2) is 47.7 Å². The molecule has 1 aromatic carbocycles. The highest BCUT2D eigenvalue weighted by atomic mass is 15.3. The number of benzene rings is 1. The zero-order valence-corrected chi connectivity index (χ0v) is 13.6. The molecule has 0 aliphatic heterocycles.